The van der Waals surface area contributed by atoms with Gasteiger partial charge in [-0.25, -0.2) is 4.79 Å². The van der Waals surface area contributed by atoms with Gasteiger partial charge in [-0.15, -0.1) is 0 Å². The third kappa shape index (κ3) is 6.95. The van der Waals surface area contributed by atoms with E-state index in [0.717, 1.165) is 11.1 Å². The molecule has 0 spiro atoms. The maximum Gasteiger partial charge on any atom is 0.321 e. The van der Waals surface area contributed by atoms with Gasteiger partial charge in [0, 0.05) is 12.1 Å². The van der Waals surface area contributed by atoms with Crippen LogP contribution >= 0.6 is 0 Å². The van der Waals surface area contributed by atoms with Crippen LogP contribution in [0.15, 0.2) is 48.5 Å². The molecule has 1 atom stereocenters. The summed E-state index contributed by atoms with van der Waals surface area (Å²) >= 11 is 0. The number of rotatable bonds is 8. The lowest BCUT2D eigenvalue weighted by Gasteiger charge is -2.18. The summed E-state index contributed by atoms with van der Waals surface area (Å²) < 4.78 is 11.0. The van der Waals surface area contributed by atoms with Gasteiger partial charge in [0.1, 0.15) is 5.75 Å². The Balaban J connectivity index is 1.98. The summed E-state index contributed by atoms with van der Waals surface area (Å²) in [6.07, 6.45) is -1.27. The van der Waals surface area contributed by atoms with E-state index in [1.165, 1.54) is 0 Å². The number of nitrogens with one attached hydrogen (secondary N) is 2. The first kappa shape index (κ1) is 21.9. The number of hydrogen-bond acceptors (Lipinski definition) is 5. The minimum absolute atomic E-state index is 0.0366. The van der Waals surface area contributed by atoms with Crippen LogP contribution in [0.4, 0.5) is 4.79 Å². The molecule has 0 heterocycles. The average Bonchev–Trinajstić information content (AvgIpc) is 2.69. The first-order valence-electron chi connectivity index (χ1n) is 9.44. The normalized spacial score (nSPS) is 11.3. The van der Waals surface area contributed by atoms with Gasteiger partial charge in [0.2, 0.25) is 6.10 Å². The number of urea groups is 1. The van der Waals surface area contributed by atoms with Crippen molar-refractivity contribution in [2.75, 3.05) is 13.2 Å². The summed E-state index contributed by atoms with van der Waals surface area (Å²) in [6.45, 7) is 6.09. The van der Waals surface area contributed by atoms with E-state index in [1.54, 1.807) is 37.3 Å². The number of hydrogen-bond donors (Lipinski definition) is 2. The van der Waals surface area contributed by atoms with Crippen LogP contribution in [0.2, 0.25) is 0 Å². The molecule has 0 saturated heterocycles. The molecule has 0 aliphatic heterocycles. The fraction of sp³-hybridized carbons (Fsp3) is 0.318. The van der Waals surface area contributed by atoms with Crippen molar-refractivity contribution in [3.8, 4) is 5.75 Å². The zero-order valence-corrected chi connectivity index (χ0v) is 16.9. The van der Waals surface area contributed by atoms with Crippen molar-refractivity contribution in [1.82, 2.24) is 10.6 Å². The van der Waals surface area contributed by atoms with Crippen molar-refractivity contribution in [2.24, 2.45) is 0 Å². The van der Waals surface area contributed by atoms with E-state index in [1.807, 2.05) is 32.0 Å². The zero-order chi connectivity index (χ0) is 21.2. The van der Waals surface area contributed by atoms with Crippen molar-refractivity contribution in [3.63, 3.8) is 0 Å². The van der Waals surface area contributed by atoms with Gasteiger partial charge in [0.15, 0.2) is 0 Å². The van der Waals surface area contributed by atoms with E-state index in [2.05, 4.69) is 10.6 Å². The van der Waals surface area contributed by atoms with Gasteiger partial charge in [0.25, 0.3) is 5.91 Å². The van der Waals surface area contributed by atoms with E-state index >= 15 is 0 Å². The van der Waals surface area contributed by atoms with Crippen LogP contribution in [-0.2, 0) is 14.3 Å². The summed E-state index contributed by atoms with van der Waals surface area (Å²) in [7, 11) is 0. The molecule has 2 aromatic rings. The highest BCUT2D eigenvalue weighted by Crippen LogP contribution is 2.21. The van der Waals surface area contributed by atoms with Crippen LogP contribution in [0.5, 0.6) is 5.75 Å². The van der Waals surface area contributed by atoms with Gasteiger partial charge < -0.3 is 14.8 Å². The van der Waals surface area contributed by atoms with Gasteiger partial charge in [0.05, 0.1) is 13.0 Å². The molecule has 154 valence electrons. The monoisotopic (exact) mass is 398 g/mol. The number of esters is 1. The standard InChI is InChI=1S/C22H26N2O5/c1-4-23-22(27)24-21(26)20(17-8-6-5-7-9-17)29-19(25)12-13-28-18-14-15(2)10-11-16(18)3/h5-11,14,20H,4,12-13H2,1-3H3,(H2,23,24,26,27)/t20-/m0/s1. The number of benzene rings is 2. The summed E-state index contributed by atoms with van der Waals surface area (Å²) in [5, 5.41) is 4.65. The summed E-state index contributed by atoms with van der Waals surface area (Å²) in [6, 6.07) is 13.7. The van der Waals surface area contributed by atoms with Crippen LogP contribution in [0.1, 0.15) is 36.1 Å². The molecule has 0 aromatic heterocycles. The maximum absolute atomic E-state index is 12.5. The predicted molar refractivity (Wildman–Crippen MR) is 109 cm³/mol. The van der Waals surface area contributed by atoms with Crippen LogP contribution < -0.4 is 15.4 Å². The second-order valence-electron chi connectivity index (χ2n) is 6.50. The fourth-order valence-corrected chi connectivity index (χ4v) is 2.58. The topological polar surface area (TPSA) is 93.7 Å². The first-order valence-corrected chi connectivity index (χ1v) is 9.44. The molecule has 0 aliphatic carbocycles. The van der Waals surface area contributed by atoms with Crippen molar-refractivity contribution in [1.29, 1.82) is 0 Å². The van der Waals surface area contributed by atoms with Crippen LogP contribution in [0, 0.1) is 13.8 Å². The lowest BCUT2D eigenvalue weighted by molar-refractivity contribution is -0.156. The Labute approximate surface area is 170 Å². The molecule has 29 heavy (non-hydrogen) atoms. The molecule has 2 N–H and O–H groups in total. The number of ether oxygens (including phenoxy) is 2. The van der Waals surface area contributed by atoms with Gasteiger partial charge in [-0.1, -0.05) is 42.5 Å². The number of amides is 3. The molecule has 0 saturated carbocycles. The lowest BCUT2D eigenvalue weighted by Crippen LogP contribution is -2.42. The Kier molecular flexibility index (Phi) is 8.21. The first-order chi connectivity index (χ1) is 13.9. The van der Waals surface area contributed by atoms with E-state index in [9.17, 15) is 14.4 Å². The third-order valence-electron chi connectivity index (χ3n) is 4.07. The Morgan fingerprint density at radius 2 is 1.76 bits per heavy atom. The maximum atomic E-state index is 12.5. The third-order valence-corrected chi connectivity index (χ3v) is 4.07. The molecule has 7 heteroatoms. The molecular weight excluding hydrogens is 372 g/mol. The molecule has 2 rings (SSSR count). The minimum Gasteiger partial charge on any atom is -0.493 e. The van der Waals surface area contributed by atoms with Gasteiger partial charge >= 0.3 is 12.0 Å². The van der Waals surface area contributed by atoms with E-state index in [-0.39, 0.29) is 13.0 Å². The molecule has 0 fully saturated rings. The molecule has 7 nitrogen and oxygen atoms in total. The Morgan fingerprint density at radius 1 is 1.03 bits per heavy atom. The quantitative estimate of drug-likeness (QED) is 0.666. The molecule has 2 aromatic carbocycles. The van der Waals surface area contributed by atoms with E-state index in [4.69, 9.17) is 9.47 Å². The molecular formula is C22H26N2O5. The number of imide groups is 1. The highest BCUT2D eigenvalue weighted by atomic mass is 16.6. The highest BCUT2D eigenvalue weighted by molar-refractivity contribution is 5.97. The Hall–Kier alpha value is -3.35. The fourth-order valence-electron chi connectivity index (χ4n) is 2.58. The highest BCUT2D eigenvalue weighted by Gasteiger charge is 2.26. The molecule has 0 aliphatic rings. The van der Waals surface area contributed by atoms with Gasteiger partial charge in [-0.05, 0) is 38.0 Å². The van der Waals surface area contributed by atoms with Gasteiger partial charge in [-0.2, -0.15) is 0 Å². The van der Waals surface area contributed by atoms with E-state index in [0.29, 0.717) is 17.9 Å². The predicted octanol–water partition coefficient (Wildman–Crippen LogP) is 3.20. The lowest BCUT2D eigenvalue weighted by atomic mass is 10.1. The van der Waals surface area contributed by atoms with Crippen LogP contribution in [0.3, 0.4) is 0 Å². The summed E-state index contributed by atoms with van der Waals surface area (Å²) in [4.78, 5) is 36.4. The number of carbonyl (C=O) groups excluding carboxylic acids is 3. The van der Waals surface area contributed by atoms with E-state index < -0.39 is 24.0 Å². The summed E-state index contributed by atoms with van der Waals surface area (Å²) in [5.41, 5.74) is 2.49. The number of carbonyl (C=O) groups is 3. The molecule has 0 unspecified atom stereocenters. The Morgan fingerprint density at radius 3 is 2.45 bits per heavy atom. The average molecular weight is 398 g/mol. The summed E-state index contributed by atoms with van der Waals surface area (Å²) in [5.74, 6) is -0.618. The SMILES string of the molecule is CCNC(=O)NC(=O)[C@@H](OC(=O)CCOc1cc(C)ccc1C)c1ccccc1. The smallest absolute Gasteiger partial charge is 0.321 e. The zero-order valence-electron chi connectivity index (χ0n) is 16.9. The van der Waals surface area contributed by atoms with Crippen molar-refractivity contribution in [3.05, 3.63) is 65.2 Å². The number of aryl methyl sites for hydroxylation is 2. The molecule has 0 radical (unpaired) electrons. The second-order valence-corrected chi connectivity index (χ2v) is 6.50. The second kappa shape index (κ2) is 10.8. The van der Waals surface area contributed by atoms with Crippen molar-refractivity contribution < 1.29 is 23.9 Å². The largest absolute Gasteiger partial charge is 0.493 e. The van der Waals surface area contributed by atoms with Crippen LogP contribution in [-0.4, -0.2) is 31.1 Å². The molecule has 0 bridgehead atoms. The van der Waals surface area contributed by atoms with Crippen LogP contribution in [0.25, 0.3) is 0 Å². The van der Waals surface area contributed by atoms with Gasteiger partial charge in [-0.3, -0.25) is 14.9 Å². The van der Waals surface area contributed by atoms with Crippen molar-refractivity contribution in [2.45, 2.75) is 33.3 Å². The Bertz CT molecular complexity index is 852. The minimum atomic E-state index is -1.23. The van der Waals surface area contributed by atoms with Crippen molar-refractivity contribution >= 4 is 17.9 Å². The molecule has 3 amide bonds.